The minimum atomic E-state index is 0.151. The molecule has 0 atom stereocenters. The second-order valence-corrected chi connectivity index (χ2v) is 4.26. The molecule has 0 aliphatic rings. The Hall–Kier alpha value is -0.350. The summed E-state index contributed by atoms with van der Waals surface area (Å²) in [5.41, 5.74) is 1.04. The van der Waals surface area contributed by atoms with E-state index in [9.17, 15) is 4.79 Å². The summed E-state index contributed by atoms with van der Waals surface area (Å²) in [5, 5.41) is 3.18. The summed E-state index contributed by atoms with van der Waals surface area (Å²) in [4.78, 5) is 14.8. The number of hydrogen-bond donors (Lipinski definition) is 0. The van der Waals surface area contributed by atoms with Gasteiger partial charge in [0.05, 0.1) is 5.75 Å². The summed E-state index contributed by atoms with van der Waals surface area (Å²) in [6, 6.07) is 0. The predicted molar refractivity (Wildman–Crippen MR) is 48.8 cm³/mol. The van der Waals surface area contributed by atoms with Gasteiger partial charge in [0.25, 0.3) is 0 Å². The lowest BCUT2D eigenvalue weighted by atomic mass is 10.6. The van der Waals surface area contributed by atoms with Crippen LogP contribution in [0.25, 0.3) is 0 Å². The van der Waals surface area contributed by atoms with Crippen LogP contribution in [0.1, 0.15) is 17.6 Å². The number of rotatable bonds is 2. The summed E-state index contributed by atoms with van der Waals surface area (Å²) < 4.78 is 0. The first-order chi connectivity index (χ1) is 5.18. The van der Waals surface area contributed by atoms with E-state index in [0.29, 0.717) is 5.75 Å². The fourth-order valence-corrected chi connectivity index (χ4v) is 2.03. The van der Waals surface area contributed by atoms with E-state index in [4.69, 9.17) is 0 Å². The van der Waals surface area contributed by atoms with Crippen molar-refractivity contribution in [1.29, 1.82) is 0 Å². The molecule has 60 valence electrons. The molecule has 4 heteroatoms. The van der Waals surface area contributed by atoms with Crippen LogP contribution in [0.2, 0.25) is 0 Å². The summed E-state index contributed by atoms with van der Waals surface area (Å²) >= 11 is 2.91. The number of carbonyl (C=O) groups excluding carboxylic acids is 1. The third-order valence-electron chi connectivity index (χ3n) is 1.07. The monoisotopic (exact) mass is 187 g/mol. The molecule has 0 aliphatic carbocycles. The molecule has 0 amide bonds. The van der Waals surface area contributed by atoms with E-state index in [-0.39, 0.29) is 5.12 Å². The van der Waals surface area contributed by atoms with Gasteiger partial charge in [0, 0.05) is 18.0 Å². The van der Waals surface area contributed by atoms with Gasteiger partial charge in [-0.2, -0.15) is 0 Å². The molecule has 0 fully saturated rings. The minimum Gasteiger partial charge on any atom is -0.288 e. The molecule has 0 aliphatic heterocycles. The molecule has 11 heavy (non-hydrogen) atoms. The Morgan fingerprint density at radius 2 is 2.55 bits per heavy atom. The highest BCUT2D eigenvalue weighted by atomic mass is 32.2. The van der Waals surface area contributed by atoms with Crippen molar-refractivity contribution in [3.8, 4) is 0 Å². The predicted octanol–water partition coefficient (Wildman–Crippen LogP) is 2.23. The smallest absolute Gasteiger partial charge is 0.186 e. The summed E-state index contributed by atoms with van der Waals surface area (Å²) in [6.07, 6.45) is 0. The summed E-state index contributed by atoms with van der Waals surface area (Å²) in [7, 11) is 0. The fourth-order valence-electron chi connectivity index (χ4n) is 0.632. The summed E-state index contributed by atoms with van der Waals surface area (Å²) in [6.45, 7) is 3.53. The molecule has 0 N–H and O–H groups in total. The van der Waals surface area contributed by atoms with Crippen LogP contribution >= 0.6 is 23.1 Å². The van der Waals surface area contributed by atoms with E-state index in [1.54, 1.807) is 18.3 Å². The third-order valence-corrected chi connectivity index (χ3v) is 3.04. The second kappa shape index (κ2) is 3.88. The summed E-state index contributed by atoms with van der Waals surface area (Å²) in [5.74, 6) is 0.716. The first-order valence-electron chi connectivity index (χ1n) is 3.23. The minimum absolute atomic E-state index is 0.151. The van der Waals surface area contributed by atoms with Crippen molar-refractivity contribution in [1.82, 2.24) is 4.98 Å². The molecule has 0 bridgehead atoms. The van der Waals surface area contributed by atoms with E-state index in [2.05, 4.69) is 4.98 Å². The Balaban J connectivity index is 2.45. The quantitative estimate of drug-likeness (QED) is 0.711. The first kappa shape index (κ1) is 8.74. The number of thioether (sulfide) groups is 1. The number of thiazole rings is 1. The first-order valence-corrected chi connectivity index (χ1v) is 5.09. The van der Waals surface area contributed by atoms with Gasteiger partial charge in [-0.3, -0.25) is 4.79 Å². The highest BCUT2D eigenvalue weighted by molar-refractivity contribution is 8.12. The van der Waals surface area contributed by atoms with Gasteiger partial charge in [-0.05, 0) is 6.92 Å². The lowest BCUT2D eigenvalue weighted by molar-refractivity contribution is -0.109. The fraction of sp³-hybridized carbons (Fsp3) is 0.429. The second-order valence-electron chi connectivity index (χ2n) is 2.16. The number of nitrogens with zero attached hydrogens (tertiary/aromatic N) is 1. The van der Waals surface area contributed by atoms with Crippen LogP contribution in [0, 0.1) is 6.92 Å². The molecule has 1 aromatic heterocycles. The van der Waals surface area contributed by atoms with Crippen molar-refractivity contribution in [3.05, 3.63) is 16.1 Å². The molecular weight excluding hydrogens is 178 g/mol. The average molecular weight is 187 g/mol. The Kier molecular flexibility index (Phi) is 3.08. The van der Waals surface area contributed by atoms with Gasteiger partial charge < -0.3 is 0 Å². The maximum absolute atomic E-state index is 10.6. The molecule has 1 rings (SSSR count). The van der Waals surface area contributed by atoms with Crippen molar-refractivity contribution < 1.29 is 4.79 Å². The average Bonchev–Trinajstić information content (AvgIpc) is 2.31. The molecule has 0 spiro atoms. The maximum atomic E-state index is 10.6. The van der Waals surface area contributed by atoms with Crippen molar-refractivity contribution in [2.45, 2.75) is 19.6 Å². The van der Waals surface area contributed by atoms with E-state index in [0.717, 1.165) is 10.7 Å². The van der Waals surface area contributed by atoms with Crippen LogP contribution in [0.3, 0.4) is 0 Å². The number of carbonyl (C=O) groups is 1. The van der Waals surface area contributed by atoms with E-state index in [1.165, 1.54) is 11.8 Å². The van der Waals surface area contributed by atoms with E-state index in [1.807, 2.05) is 12.3 Å². The molecule has 1 aromatic rings. The molecular formula is C7H9NOS2. The van der Waals surface area contributed by atoms with E-state index >= 15 is 0 Å². The van der Waals surface area contributed by atoms with Gasteiger partial charge in [0.15, 0.2) is 5.12 Å². The van der Waals surface area contributed by atoms with Crippen molar-refractivity contribution in [2.24, 2.45) is 0 Å². The highest BCUT2D eigenvalue weighted by Crippen LogP contribution is 2.16. The van der Waals surface area contributed by atoms with Gasteiger partial charge in [-0.15, -0.1) is 11.3 Å². The molecule has 0 aromatic carbocycles. The van der Waals surface area contributed by atoms with Crippen LogP contribution in [-0.4, -0.2) is 10.1 Å². The molecule has 0 radical (unpaired) electrons. The Morgan fingerprint density at radius 3 is 3.00 bits per heavy atom. The lowest BCUT2D eigenvalue weighted by Gasteiger charge is -1.89. The molecule has 0 saturated heterocycles. The number of aryl methyl sites for hydroxylation is 1. The molecule has 0 unspecified atom stereocenters. The van der Waals surface area contributed by atoms with Crippen LogP contribution in [-0.2, 0) is 10.5 Å². The van der Waals surface area contributed by atoms with Crippen LogP contribution in [0.15, 0.2) is 5.38 Å². The Morgan fingerprint density at radius 1 is 1.82 bits per heavy atom. The molecule has 2 nitrogen and oxygen atoms in total. The van der Waals surface area contributed by atoms with Gasteiger partial charge in [0.2, 0.25) is 0 Å². The van der Waals surface area contributed by atoms with Gasteiger partial charge in [-0.25, -0.2) is 4.98 Å². The van der Waals surface area contributed by atoms with Gasteiger partial charge in [-0.1, -0.05) is 11.8 Å². The Labute approximate surface area is 74.0 Å². The number of hydrogen-bond acceptors (Lipinski definition) is 4. The SMILES string of the molecule is CC(=O)SCc1nc(C)cs1. The van der Waals surface area contributed by atoms with Crippen LogP contribution in [0.4, 0.5) is 0 Å². The van der Waals surface area contributed by atoms with Crippen molar-refractivity contribution >= 4 is 28.2 Å². The zero-order valence-electron chi connectivity index (χ0n) is 6.46. The van der Waals surface area contributed by atoms with Crippen molar-refractivity contribution in [3.63, 3.8) is 0 Å². The van der Waals surface area contributed by atoms with Crippen LogP contribution in [0.5, 0.6) is 0 Å². The number of aromatic nitrogens is 1. The van der Waals surface area contributed by atoms with Gasteiger partial charge >= 0.3 is 0 Å². The van der Waals surface area contributed by atoms with E-state index < -0.39 is 0 Å². The zero-order chi connectivity index (χ0) is 8.27. The maximum Gasteiger partial charge on any atom is 0.186 e. The lowest BCUT2D eigenvalue weighted by Crippen LogP contribution is -1.84. The third kappa shape index (κ3) is 3.03. The Bertz CT molecular complexity index is 257. The standard InChI is InChI=1S/C7H9NOS2/c1-5-3-11-7(8-5)4-10-6(2)9/h3H,4H2,1-2H3. The molecule has 1 heterocycles. The normalized spacial score (nSPS) is 10.0. The van der Waals surface area contributed by atoms with Crippen molar-refractivity contribution in [2.75, 3.05) is 0 Å². The molecule has 0 saturated carbocycles. The van der Waals surface area contributed by atoms with Gasteiger partial charge in [0.1, 0.15) is 5.01 Å². The topological polar surface area (TPSA) is 30.0 Å². The largest absolute Gasteiger partial charge is 0.288 e. The zero-order valence-corrected chi connectivity index (χ0v) is 8.09. The highest BCUT2D eigenvalue weighted by Gasteiger charge is 2.00. The van der Waals surface area contributed by atoms with Crippen LogP contribution < -0.4 is 0 Å².